The van der Waals surface area contributed by atoms with Gasteiger partial charge in [-0.25, -0.2) is 9.37 Å². The molecule has 2 N–H and O–H groups in total. The lowest BCUT2D eigenvalue weighted by atomic mass is 10.0. The fraction of sp³-hybridized carbons (Fsp3) is 0. The Balaban J connectivity index is 2.26. The number of nitrogens with zero attached hydrogens (tertiary/aromatic N) is 2. The summed E-state index contributed by atoms with van der Waals surface area (Å²) >= 11 is 4.87. The molecular formula is C16H9BrFN3S. The lowest BCUT2D eigenvalue weighted by Crippen LogP contribution is -2.00. The molecule has 0 spiro atoms. The number of aromatic nitrogens is 1. The molecule has 0 radical (unpaired) electrons. The van der Waals surface area contributed by atoms with Gasteiger partial charge in [0.15, 0.2) is 0 Å². The van der Waals surface area contributed by atoms with Crippen molar-refractivity contribution >= 4 is 33.1 Å². The van der Waals surface area contributed by atoms with E-state index in [9.17, 15) is 9.65 Å². The van der Waals surface area contributed by atoms with Crippen molar-refractivity contribution in [2.24, 2.45) is 0 Å². The highest BCUT2D eigenvalue weighted by atomic mass is 79.9. The number of rotatable bonds is 2. The summed E-state index contributed by atoms with van der Waals surface area (Å²) in [5, 5.41) is 9.33. The Kier molecular flexibility index (Phi) is 3.92. The largest absolute Gasteiger partial charge is 0.383 e. The second-order valence-corrected chi connectivity index (χ2v) is 6.97. The fourth-order valence-electron chi connectivity index (χ4n) is 2.14. The van der Waals surface area contributed by atoms with Gasteiger partial charge in [-0.3, -0.25) is 0 Å². The van der Waals surface area contributed by atoms with E-state index < -0.39 is 0 Å². The summed E-state index contributed by atoms with van der Waals surface area (Å²) < 4.78 is 14.9. The average molecular weight is 374 g/mol. The van der Waals surface area contributed by atoms with Crippen LogP contribution in [0.25, 0.3) is 21.7 Å². The molecule has 0 saturated carbocycles. The van der Waals surface area contributed by atoms with Gasteiger partial charge in [-0.2, -0.15) is 5.26 Å². The molecule has 0 fully saturated rings. The Labute approximate surface area is 139 Å². The highest BCUT2D eigenvalue weighted by molar-refractivity contribution is 9.11. The van der Waals surface area contributed by atoms with Gasteiger partial charge < -0.3 is 5.73 Å². The van der Waals surface area contributed by atoms with Gasteiger partial charge in [0.25, 0.3) is 0 Å². The molecule has 22 heavy (non-hydrogen) atoms. The van der Waals surface area contributed by atoms with Crippen LogP contribution in [0.15, 0.2) is 46.3 Å². The second kappa shape index (κ2) is 5.87. The standard InChI is InChI=1S/C16H9BrFN3S/c17-15-6-5-14(22-15)10-7-13(21-16(20)11(10)8-19)9-3-1-2-4-12(9)18/h1-7H,(H2,20,21). The van der Waals surface area contributed by atoms with E-state index in [4.69, 9.17) is 5.73 Å². The third kappa shape index (κ3) is 2.61. The Morgan fingerprint density at radius 2 is 1.95 bits per heavy atom. The van der Waals surface area contributed by atoms with Crippen LogP contribution in [0.3, 0.4) is 0 Å². The van der Waals surface area contributed by atoms with E-state index in [1.807, 2.05) is 12.1 Å². The number of anilines is 1. The van der Waals surface area contributed by atoms with Crippen molar-refractivity contribution in [1.82, 2.24) is 4.98 Å². The molecular weight excluding hydrogens is 365 g/mol. The molecule has 3 rings (SSSR count). The van der Waals surface area contributed by atoms with Gasteiger partial charge in [0.05, 0.1) is 9.48 Å². The first-order valence-electron chi connectivity index (χ1n) is 6.31. The number of benzene rings is 1. The number of nitrogen functional groups attached to an aromatic ring is 1. The summed E-state index contributed by atoms with van der Waals surface area (Å²) in [4.78, 5) is 5.05. The van der Waals surface area contributed by atoms with E-state index in [-0.39, 0.29) is 11.6 Å². The monoisotopic (exact) mass is 373 g/mol. The lowest BCUT2D eigenvalue weighted by molar-refractivity contribution is 0.631. The van der Waals surface area contributed by atoms with Crippen molar-refractivity contribution in [2.45, 2.75) is 0 Å². The molecule has 0 atom stereocenters. The number of nitrogens with two attached hydrogens (primary N) is 1. The predicted molar refractivity (Wildman–Crippen MR) is 89.8 cm³/mol. The Bertz CT molecular complexity index is 899. The lowest BCUT2D eigenvalue weighted by Gasteiger charge is -2.09. The average Bonchev–Trinajstić information content (AvgIpc) is 2.93. The van der Waals surface area contributed by atoms with Crippen LogP contribution in [0, 0.1) is 17.1 Å². The van der Waals surface area contributed by atoms with Crippen molar-refractivity contribution in [2.75, 3.05) is 5.73 Å². The molecule has 2 heterocycles. The van der Waals surface area contributed by atoms with Gasteiger partial charge in [-0.15, -0.1) is 11.3 Å². The van der Waals surface area contributed by atoms with Crippen LogP contribution in [0.4, 0.5) is 10.2 Å². The first-order valence-corrected chi connectivity index (χ1v) is 7.92. The topological polar surface area (TPSA) is 62.7 Å². The molecule has 1 aromatic carbocycles. The number of pyridine rings is 1. The highest BCUT2D eigenvalue weighted by Gasteiger charge is 2.16. The zero-order chi connectivity index (χ0) is 15.7. The summed E-state index contributed by atoms with van der Waals surface area (Å²) in [6.07, 6.45) is 0. The molecule has 3 nitrogen and oxygen atoms in total. The summed E-state index contributed by atoms with van der Waals surface area (Å²) in [5.74, 6) is -0.278. The molecule has 0 aliphatic rings. The van der Waals surface area contributed by atoms with E-state index in [2.05, 4.69) is 27.0 Å². The predicted octanol–water partition coefficient (Wildman–Crippen LogP) is 4.83. The SMILES string of the molecule is N#Cc1c(-c2ccc(Br)s2)cc(-c2ccccc2F)nc1N. The number of hydrogen-bond acceptors (Lipinski definition) is 4. The van der Waals surface area contributed by atoms with E-state index >= 15 is 0 Å². The first-order chi connectivity index (χ1) is 10.6. The van der Waals surface area contributed by atoms with Gasteiger partial charge in [0, 0.05) is 16.0 Å². The maximum absolute atomic E-state index is 14.0. The molecule has 0 bridgehead atoms. The smallest absolute Gasteiger partial charge is 0.142 e. The molecule has 6 heteroatoms. The second-order valence-electron chi connectivity index (χ2n) is 4.51. The molecule has 3 aromatic rings. The Hall–Kier alpha value is -2.23. The van der Waals surface area contributed by atoms with E-state index in [1.54, 1.807) is 24.3 Å². The maximum Gasteiger partial charge on any atom is 0.142 e. The number of nitriles is 1. The van der Waals surface area contributed by atoms with E-state index in [0.717, 1.165) is 8.66 Å². The Morgan fingerprint density at radius 1 is 1.18 bits per heavy atom. The summed E-state index contributed by atoms with van der Waals surface area (Å²) in [6.45, 7) is 0. The summed E-state index contributed by atoms with van der Waals surface area (Å²) in [7, 11) is 0. The van der Waals surface area contributed by atoms with Crippen molar-refractivity contribution in [3.8, 4) is 27.8 Å². The van der Waals surface area contributed by atoms with Crippen LogP contribution in [0.5, 0.6) is 0 Å². The molecule has 0 unspecified atom stereocenters. The third-order valence-electron chi connectivity index (χ3n) is 3.15. The fourth-order valence-corrected chi connectivity index (χ4v) is 3.55. The first kappa shape index (κ1) is 14.7. The zero-order valence-corrected chi connectivity index (χ0v) is 13.6. The van der Waals surface area contributed by atoms with E-state index in [1.165, 1.54) is 17.4 Å². The molecule has 0 saturated heterocycles. The van der Waals surface area contributed by atoms with Gasteiger partial charge in [-0.05, 0) is 46.3 Å². The number of halogens is 2. The number of thiophene rings is 1. The van der Waals surface area contributed by atoms with Gasteiger partial charge >= 0.3 is 0 Å². The molecule has 2 aromatic heterocycles. The van der Waals surface area contributed by atoms with Crippen LogP contribution < -0.4 is 5.73 Å². The van der Waals surface area contributed by atoms with Crippen LogP contribution in [-0.4, -0.2) is 4.98 Å². The van der Waals surface area contributed by atoms with Crippen LogP contribution >= 0.6 is 27.3 Å². The highest BCUT2D eigenvalue weighted by Crippen LogP contribution is 2.37. The van der Waals surface area contributed by atoms with Gasteiger partial charge in [0.1, 0.15) is 23.3 Å². The minimum Gasteiger partial charge on any atom is -0.383 e. The van der Waals surface area contributed by atoms with Crippen LogP contribution in [0.2, 0.25) is 0 Å². The molecule has 0 aliphatic carbocycles. The molecule has 0 aliphatic heterocycles. The van der Waals surface area contributed by atoms with Crippen molar-refractivity contribution in [3.63, 3.8) is 0 Å². The van der Waals surface area contributed by atoms with E-state index in [0.29, 0.717) is 22.4 Å². The number of hydrogen-bond donors (Lipinski definition) is 1. The summed E-state index contributed by atoms with van der Waals surface area (Å²) in [5.41, 5.74) is 7.63. The minimum absolute atomic E-state index is 0.0998. The minimum atomic E-state index is -0.377. The normalized spacial score (nSPS) is 10.4. The van der Waals surface area contributed by atoms with Crippen LogP contribution in [0.1, 0.15) is 5.56 Å². The van der Waals surface area contributed by atoms with Gasteiger partial charge in [0.2, 0.25) is 0 Å². The third-order valence-corrected chi connectivity index (χ3v) is 4.80. The maximum atomic E-state index is 14.0. The van der Waals surface area contributed by atoms with Crippen molar-refractivity contribution in [1.29, 1.82) is 5.26 Å². The molecule has 0 amide bonds. The van der Waals surface area contributed by atoms with Crippen molar-refractivity contribution < 1.29 is 4.39 Å². The van der Waals surface area contributed by atoms with Gasteiger partial charge in [-0.1, -0.05) is 12.1 Å². The van der Waals surface area contributed by atoms with Crippen LogP contribution in [-0.2, 0) is 0 Å². The van der Waals surface area contributed by atoms with Crippen molar-refractivity contribution in [3.05, 3.63) is 57.6 Å². The quantitative estimate of drug-likeness (QED) is 0.699. The molecule has 108 valence electrons. The Morgan fingerprint density at radius 3 is 2.59 bits per heavy atom. The zero-order valence-electron chi connectivity index (χ0n) is 11.2. The summed E-state index contributed by atoms with van der Waals surface area (Å²) in [6, 6.07) is 13.9.